The van der Waals surface area contributed by atoms with E-state index < -0.39 is 11.8 Å². The molecule has 0 radical (unpaired) electrons. The summed E-state index contributed by atoms with van der Waals surface area (Å²) in [6.45, 7) is 1.51. The van der Waals surface area contributed by atoms with Crippen LogP contribution in [0.4, 0.5) is 4.39 Å². The van der Waals surface area contributed by atoms with Crippen molar-refractivity contribution in [2.45, 2.75) is 6.92 Å². The van der Waals surface area contributed by atoms with E-state index in [4.69, 9.17) is 0 Å². The number of hydrogen-bond acceptors (Lipinski definition) is 3. The monoisotopic (exact) mass is 184 g/mol. The minimum atomic E-state index is -0.663. The van der Waals surface area contributed by atoms with Crippen LogP contribution in [-0.4, -0.2) is 18.2 Å². The normalized spacial score (nSPS) is 9.77. The Morgan fingerprint density at radius 2 is 2.15 bits per heavy atom. The lowest BCUT2D eigenvalue weighted by Gasteiger charge is -2.05. The predicted octanol–water partition coefficient (Wildman–Crippen LogP) is 1.63. The maximum Gasteiger partial charge on any atom is 0.338 e. The number of hydrogen-bond donors (Lipinski definition) is 1. The van der Waals surface area contributed by atoms with E-state index in [1.807, 2.05) is 0 Å². The van der Waals surface area contributed by atoms with E-state index in [9.17, 15) is 14.3 Å². The smallest absolute Gasteiger partial charge is 0.338 e. The SMILES string of the molecule is COC(=O)c1cc(F)cc(O)c1C. The standard InChI is InChI=1S/C9H9FO3/c1-5-7(9(12)13-2)3-6(10)4-8(5)11/h3-4,11H,1-2H3. The molecule has 0 saturated carbocycles. The molecule has 0 aliphatic carbocycles. The van der Waals surface area contributed by atoms with E-state index >= 15 is 0 Å². The molecule has 1 aromatic carbocycles. The van der Waals surface area contributed by atoms with Gasteiger partial charge in [-0.05, 0) is 13.0 Å². The minimum absolute atomic E-state index is 0.0417. The highest BCUT2D eigenvalue weighted by atomic mass is 19.1. The number of phenolic OH excluding ortho intramolecular Hbond substituents is 1. The molecule has 3 nitrogen and oxygen atoms in total. The van der Waals surface area contributed by atoms with Crippen molar-refractivity contribution in [3.63, 3.8) is 0 Å². The van der Waals surface area contributed by atoms with Gasteiger partial charge in [0, 0.05) is 11.6 Å². The molecule has 0 unspecified atom stereocenters. The number of phenols is 1. The fourth-order valence-electron chi connectivity index (χ4n) is 0.987. The van der Waals surface area contributed by atoms with Gasteiger partial charge in [-0.3, -0.25) is 0 Å². The number of carbonyl (C=O) groups is 1. The van der Waals surface area contributed by atoms with Crippen LogP contribution in [0.5, 0.6) is 5.75 Å². The second-order valence-electron chi connectivity index (χ2n) is 2.59. The largest absolute Gasteiger partial charge is 0.508 e. The Morgan fingerprint density at radius 3 is 2.69 bits per heavy atom. The molecule has 4 heteroatoms. The van der Waals surface area contributed by atoms with Crippen molar-refractivity contribution >= 4 is 5.97 Å². The number of benzene rings is 1. The highest BCUT2D eigenvalue weighted by Crippen LogP contribution is 2.22. The molecule has 0 fully saturated rings. The molecular formula is C9H9FO3. The van der Waals surface area contributed by atoms with Gasteiger partial charge in [0.1, 0.15) is 11.6 Å². The summed E-state index contributed by atoms with van der Waals surface area (Å²) < 4.78 is 17.1. The van der Waals surface area contributed by atoms with Crippen LogP contribution in [0.1, 0.15) is 15.9 Å². The third-order valence-corrected chi connectivity index (χ3v) is 1.75. The maximum atomic E-state index is 12.7. The molecule has 0 spiro atoms. The molecule has 13 heavy (non-hydrogen) atoms. The summed E-state index contributed by atoms with van der Waals surface area (Å²) in [7, 11) is 1.20. The summed E-state index contributed by atoms with van der Waals surface area (Å²) in [5.74, 6) is -1.57. The minimum Gasteiger partial charge on any atom is -0.508 e. The van der Waals surface area contributed by atoms with Crippen LogP contribution in [-0.2, 0) is 4.74 Å². The molecule has 0 aliphatic rings. The molecule has 0 saturated heterocycles. The van der Waals surface area contributed by atoms with Crippen LogP contribution < -0.4 is 0 Å². The zero-order chi connectivity index (χ0) is 10.0. The Kier molecular flexibility index (Phi) is 2.51. The number of methoxy groups -OCH3 is 1. The van der Waals surface area contributed by atoms with Gasteiger partial charge in [-0.1, -0.05) is 0 Å². The third-order valence-electron chi connectivity index (χ3n) is 1.75. The van der Waals surface area contributed by atoms with Crippen molar-refractivity contribution in [2.24, 2.45) is 0 Å². The summed E-state index contributed by atoms with van der Waals surface area (Å²) >= 11 is 0. The van der Waals surface area contributed by atoms with Gasteiger partial charge in [0.2, 0.25) is 0 Å². The molecule has 0 amide bonds. The zero-order valence-electron chi connectivity index (χ0n) is 7.30. The van der Waals surface area contributed by atoms with Crippen molar-refractivity contribution in [3.05, 3.63) is 29.1 Å². The summed E-state index contributed by atoms with van der Waals surface area (Å²) in [6, 6.07) is 1.97. The fraction of sp³-hybridized carbons (Fsp3) is 0.222. The average Bonchev–Trinajstić information content (AvgIpc) is 2.10. The topological polar surface area (TPSA) is 46.5 Å². The Morgan fingerprint density at radius 1 is 1.54 bits per heavy atom. The van der Waals surface area contributed by atoms with Crippen LogP contribution in [0.2, 0.25) is 0 Å². The Labute approximate surface area is 74.8 Å². The first-order valence-corrected chi connectivity index (χ1v) is 3.63. The lowest BCUT2D eigenvalue weighted by atomic mass is 10.1. The molecular weight excluding hydrogens is 175 g/mol. The van der Waals surface area contributed by atoms with Gasteiger partial charge in [-0.2, -0.15) is 0 Å². The van der Waals surface area contributed by atoms with Crippen molar-refractivity contribution < 1.29 is 19.0 Å². The lowest BCUT2D eigenvalue weighted by Crippen LogP contribution is -2.04. The van der Waals surface area contributed by atoms with E-state index in [0.29, 0.717) is 5.56 Å². The van der Waals surface area contributed by atoms with Gasteiger partial charge in [-0.15, -0.1) is 0 Å². The molecule has 0 bridgehead atoms. The predicted molar refractivity (Wildman–Crippen MR) is 44.1 cm³/mol. The van der Waals surface area contributed by atoms with Gasteiger partial charge in [-0.25, -0.2) is 9.18 Å². The molecule has 1 rings (SSSR count). The van der Waals surface area contributed by atoms with E-state index in [1.54, 1.807) is 0 Å². The van der Waals surface area contributed by atoms with E-state index in [1.165, 1.54) is 14.0 Å². The summed E-state index contributed by atoms with van der Waals surface area (Å²) in [5.41, 5.74) is 0.355. The first-order valence-electron chi connectivity index (χ1n) is 3.63. The first-order chi connectivity index (χ1) is 6.06. The van der Waals surface area contributed by atoms with Crippen molar-refractivity contribution in [1.82, 2.24) is 0 Å². The Balaban J connectivity index is 3.28. The molecule has 0 aromatic heterocycles. The molecule has 70 valence electrons. The first kappa shape index (κ1) is 9.51. The van der Waals surface area contributed by atoms with Gasteiger partial charge >= 0.3 is 5.97 Å². The van der Waals surface area contributed by atoms with E-state index in [2.05, 4.69) is 4.74 Å². The maximum absolute atomic E-state index is 12.7. The molecule has 0 aliphatic heterocycles. The number of aromatic hydroxyl groups is 1. The van der Waals surface area contributed by atoms with Gasteiger partial charge < -0.3 is 9.84 Å². The molecule has 0 heterocycles. The summed E-state index contributed by atoms with van der Waals surface area (Å²) in [6.07, 6.45) is 0. The van der Waals surface area contributed by atoms with Crippen LogP contribution in [0, 0.1) is 12.7 Å². The average molecular weight is 184 g/mol. The van der Waals surface area contributed by atoms with Crippen molar-refractivity contribution in [1.29, 1.82) is 0 Å². The third kappa shape index (κ3) is 1.77. The quantitative estimate of drug-likeness (QED) is 0.674. The number of rotatable bonds is 1. The highest BCUT2D eigenvalue weighted by molar-refractivity contribution is 5.91. The number of ether oxygens (including phenoxy) is 1. The molecule has 1 N–H and O–H groups in total. The fourth-order valence-corrected chi connectivity index (χ4v) is 0.987. The van der Waals surface area contributed by atoms with Gasteiger partial charge in [0.15, 0.2) is 0 Å². The summed E-state index contributed by atoms with van der Waals surface area (Å²) in [5, 5.41) is 9.18. The Bertz CT molecular complexity index is 347. The van der Waals surface area contributed by atoms with Gasteiger partial charge in [0.25, 0.3) is 0 Å². The van der Waals surface area contributed by atoms with Crippen molar-refractivity contribution in [2.75, 3.05) is 7.11 Å². The van der Waals surface area contributed by atoms with Crippen LogP contribution in [0.25, 0.3) is 0 Å². The number of esters is 1. The molecule has 1 aromatic rings. The summed E-state index contributed by atoms with van der Waals surface area (Å²) in [4.78, 5) is 11.0. The number of carbonyl (C=O) groups excluding carboxylic acids is 1. The number of halogens is 1. The van der Waals surface area contributed by atoms with Crippen LogP contribution >= 0.6 is 0 Å². The molecule has 0 atom stereocenters. The van der Waals surface area contributed by atoms with Crippen LogP contribution in [0.3, 0.4) is 0 Å². The van der Waals surface area contributed by atoms with Crippen LogP contribution in [0.15, 0.2) is 12.1 Å². The highest BCUT2D eigenvalue weighted by Gasteiger charge is 2.13. The van der Waals surface area contributed by atoms with Gasteiger partial charge in [0.05, 0.1) is 12.7 Å². The second kappa shape index (κ2) is 3.43. The van der Waals surface area contributed by atoms with E-state index in [-0.39, 0.29) is 11.3 Å². The zero-order valence-corrected chi connectivity index (χ0v) is 7.30. The lowest BCUT2D eigenvalue weighted by molar-refractivity contribution is 0.0599. The van der Waals surface area contributed by atoms with Crippen molar-refractivity contribution in [3.8, 4) is 5.75 Å². The second-order valence-corrected chi connectivity index (χ2v) is 2.59. The van der Waals surface area contributed by atoms with E-state index in [0.717, 1.165) is 12.1 Å². The Hall–Kier alpha value is -1.58.